The van der Waals surface area contributed by atoms with Crippen molar-refractivity contribution in [3.8, 4) is 0 Å². The van der Waals surface area contributed by atoms with Crippen molar-refractivity contribution in [3.05, 3.63) is 51.7 Å². The number of hydrogen-bond acceptors (Lipinski definition) is 5. The van der Waals surface area contributed by atoms with Crippen LogP contribution in [0.2, 0.25) is 5.02 Å². The molecule has 0 aliphatic carbocycles. The van der Waals surface area contributed by atoms with Crippen LogP contribution in [0.5, 0.6) is 0 Å². The van der Waals surface area contributed by atoms with E-state index in [0.29, 0.717) is 26.5 Å². The molecule has 3 rings (SSSR count). The van der Waals surface area contributed by atoms with Gasteiger partial charge in [-0.05, 0) is 36.4 Å². The lowest BCUT2D eigenvalue weighted by atomic mass is 10.2. The molecule has 0 fully saturated rings. The Kier molecular flexibility index (Phi) is 4.34. The van der Waals surface area contributed by atoms with Crippen LogP contribution in [0, 0.1) is 5.82 Å². The highest BCUT2D eigenvalue weighted by atomic mass is 79.9. The highest BCUT2D eigenvalue weighted by molar-refractivity contribution is 9.10. The van der Waals surface area contributed by atoms with Gasteiger partial charge in [-0.2, -0.15) is 4.98 Å². The largest absolute Gasteiger partial charge is 0.329 e. The quantitative estimate of drug-likeness (QED) is 0.512. The van der Waals surface area contributed by atoms with Crippen molar-refractivity contribution in [2.24, 2.45) is 5.84 Å². The van der Waals surface area contributed by atoms with Gasteiger partial charge in [0.1, 0.15) is 11.6 Å². The van der Waals surface area contributed by atoms with Crippen LogP contribution in [0.4, 0.5) is 21.8 Å². The van der Waals surface area contributed by atoms with Crippen molar-refractivity contribution in [2.45, 2.75) is 0 Å². The van der Waals surface area contributed by atoms with E-state index in [1.807, 2.05) is 6.07 Å². The molecular formula is C15H12BrClFN5. The Bertz CT molecular complexity index is 869. The van der Waals surface area contributed by atoms with Crippen molar-refractivity contribution >= 4 is 55.9 Å². The normalized spacial score (nSPS) is 10.8. The molecular weight excluding hydrogens is 385 g/mol. The van der Waals surface area contributed by atoms with Gasteiger partial charge in [-0.15, -0.1) is 0 Å². The smallest absolute Gasteiger partial charge is 0.239 e. The molecule has 0 atom stereocenters. The summed E-state index contributed by atoms with van der Waals surface area (Å²) < 4.78 is 14.3. The summed E-state index contributed by atoms with van der Waals surface area (Å²) in [6.07, 6.45) is 0. The summed E-state index contributed by atoms with van der Waals surface area (Å²) in [7, 11) is 1.79. The minimum Gasteiger partial charge on any atom is -0.329 e. The Morgan fingerprint density at radius 3 is 2.70 bits per heavy atom. The van der Waals surface area contributed by atoms with Crippen LogP contribution in [0.3, 0.4) is 0 Å². The molecule has 23 heavy (non-hydrogen) atoms. The van der Waals surface area contributed by atoms with E-state index in [1.165, 1.54) is 12.1 Å². The number of fused-ring (bicyclic) bond motifs is 1. The molecule has 5 nitrogen and oxygen atoms in total. The first-order valence-electron chi connectivity index (χ1n) is 6.61. The maximum absolute atomic E-state index is 13.7. The second-order valence-electron chi connectivity index (χ2n) is 4.86. The summed E-state index contributed by atoms with van der Waals surface area (Å²) in [5, 5.41) is 1.33. The summed E-state index contributed by atoms with van der Waals surface area (Å²) in [5.74, 6) is 5.92. The number of aromatic nitrogens is 2. The molecule has 0 spiro atoms. The van der Waals surface area contributed by atoms with E-state index in [1.54, 1.807) is 30.1 Å². The minimum absolute atomic E-state index is 0.247. The third-order valence-corrected chi connectivity index (χ3v) is 4.01. The summed E-state index contributed by atoms with van der Waals surface area (Å²) in [6, 6.07) is 9.90. The average Bonchev–Trinajstić information content (AvgIpc) is 2.51. The zero-order valence-corrected chi connectivity index (χ0v) is 14.4. The van der Waals surface area contributed by atoms with E-state index in [-0.39, 0.29) is 11.8 Å². The van der Waals surface area contributed by atoms with Crippen LogP contribution in [-0.2, 0) is 0 Å². The van der Waals surface area contributed by atoms with E-state index in [0.717, 1.165) is 5.39 Å². The van der Waals surface area contributed by atoms with Crippen molar-refractivity contribution in [3.63, 3.8) is 0 Å². The maximum atomic E-state index is 13.7. The molecule has 0 amide bonds. The van der Waals surface area contributed by atoms with Gasteiger partial charge in [-0.25, -0.2) is 15.2 Å². The van der Waals surface area contributed by atoms with Crippen molar-refractivity contribution in [1.29, 1.82) is 0 Å². The van der Waals surface area contributed by atoms with E-state index >= 15 is 0 Å². The standard InChI is InChI=1S/C15H12BrClFN5/c1-23(11-5-8(16)4-10(18)7-11)14-12-3-2-9(17)6-13(12)20-15(21-14)22-19/h2-7H,19H2,1H3,(H,20,21,22). The topological polar surface area (TPSA) is 67.1 Å². The fraction of sp³-hybridized carbons (Fsp3) is 0.0667. The fourth-order valence-corrected chi connectivity index (χ4v) is 2.88. The molecule has 3 aromatic rings. The molecule has 8 heteroatoms. The fourth-order valence-electron chi connectivity index (χ4n) is 2.26. The third kappa shape index (κ3) is 3.21. The van der Waals surface area contributed by atoms with Gasteiger partial charge in [0.25, 0.3) is 0 Å². The predicted molar refractivity (Wildman–Crippen MR) is 94.5 cm³/mol. The number of hydrogen-bond donors (Lipinski definition) is 2. The highest BCUT2D eigenvalue weighted by Gasteiger charge is 2.14. The maximum Gasteiger partial charge on any atom is 0.239 e. The Morgan fingerprint density at radius 2 is 2.00 bits per heavy atom. The number of nitrogens with one attached hydrogen (secondary N) is 1. The Hall–Kier alpha value is -1.96. The zero-order chi connectivity index (χ0) is 16.6. The second kappa shape index (κ2) is 6.27. The SMILES string of the molecule is CN(c1cc(F)cc(Br)c1)c1nc(NN)nc2cc(Cl)ccc12. The number of benzene rings is 2. The molecule has 118 valence electrons. The van der Waals surface area contributed by atoms with Gasteiger partial charge in [0.05, 0.1) is 5.52 Å². The lowest BCUT2D eigenvalue weighted by molar-refractivity contribution is 0.627. The lowest BCUT2D eigenvalue weighted by Gasteiger charge is -2.21. The van der Waals surface area contributed by atoms with Gasteiger partial charge < -0.3 is 4.90 Å². The van der Waals surface area contributed by atoms with Crippen LogP contribution < -0.4 is 16.2 Å². The number of nitrogens with two attached hydrogens (primary N) is 1. The van der Waals surface area contributed by atoms with E-state index in [9.17, 15) is 4.39 Å². The van der Waals surface area contributed by atoms with E-state index in [2.05, 4.69) is 31.3 Å². The number of nitrogen functional groups attached to an aromatic ring is 1. The molecule has 0 aliphatic rings. The third-order valence-electron chi connectivity index (χ3n) is 3.32. The molecule has 0 radical (unpaired) electrons. The van der Waals surface area contributed by atoms with Crippen molar-refractivity contribution in [2.75, 3.05) is 17.4 Å². The van der Waals surface area contributed by atoms with Crippen LogP contribution >= 0.6 is 27.5 Å². The number of nitrogens with zero attached hydrogens (tertiary/aromatic N) is 3. The average molecular weight is 397 g/mol. The number of hydrazine groups is 1. The molecule has 3 N–H and O–H groups in total. The van der Waals surface area contributed by atoms with Crippen LogP contribution in [-0.4, -0.2) is 17.0 Å². The van der Waals surface area contributed by atoms with Crippen LogP contribution in [0.25, 0.3) is 10.9 Å². The van der Waals surface area contributed by atoms with Gasteiger partial charge in [0.2, 0.25) is 5.95 Å². The zero-order valence-electron chi connectivity index (χ0n) is 12.0. The Labute approximate surface area is 145 Å². The van der Waals surface area contributed by atoms with E-state index in [4.69, 9.17) is 17.4 Å². The first kappa shape index (κ1) is 15.9. The molecule has 0 aliphatic heterocycles. The van der Waals surface area contributed by atoms with Crippen LogP contribution in [0.15, 0.2) is 40.9 Å². The first-order chi connectivity index (χ1) is 11.0. The monoisotopic (exact) mass is 395 g/mol. The molecule has 0 saturated carbocycles. The Balaban J connectivity index is 2.21. The number of anilines is 3. The van der Waals surface area contributed by atoms with Crippen molar-refractivity contribution < 1.29 is 4.39 Å². The highest BCUT2D eigenvalue weighted by Crippen LogP contribution is 2.32. The summed E-state index contributed by atoms with van der Waals surface area (Å²) >= 11 is 9.32. The first-order valence-corrected chi connectivity index (χ1v) is 7.79. The molecule has 0 saturated heterocycles. The molecule has 2 aromatic carbocycles. The lowest BCUT2D eigenvalue weighted by Crippen LogP contribution is -2.16. The molecule has 0 unspecified atom stereocenters. The van der Waals surface area contributed by atoms with Crippen LogP contribution in [0.1, 0.15) is 0 Å². The number of halogens is 3. The second-order valence-corrected chi connectivity index (χ2v) is 6.22. The summed E-state index contributed by atoms with van der Waals surface area (Å²) in [5.41, 5.74) is 3.70. The van der Waals surface area contributed by atoms with Gasteiger partial charge in [-0.1, -0.05) is 27.5 Å². The minimum atomic E-state index is -0.347. The van der Waals surface area contributed by atoms with E-state index < -0.39 is 0 Å². The van der Waals surface area contributed by atoms with Gasteiger partial charge >= 0.3 is 0 Å². The summed E-state index contributed by atoms with van der Waals surface area (Å²) in [4.78, 5) is 10.4. The van der Waals surface area contributed by atoms with Gasteiger partial charge in [0.15, 0.2) is 0 Å². The number of rotatable bonds is 3. The Morgan fingerprint density at radius 1 is 1.22 bits per heavy atom. The van der Waals surface area contributed by atoms with Crippen molar-refractivity contribution in [1.82, 2.24) is 9.97 Å². The molecule has 1 aromatic heterocycles. The predicted octanol–water partition coefficient (Wildman–Crippen LogP) is 4.24. The molecule has 0 bridgehead atoms. The van der Waals surface area contributed by atoms with Gasteiger partial charge in [0, 0.05) is 27.6 Å². The van der Waals surface area contributed by atoms with Gasteiger partial charge in [-0.3, -0.25) is 5.43 Å². The molecule has 1 heterocycles. The summed E-state index contributed by atoms with van der Waals surface area (Å²) in [6.45, 7) is 0.